The number of hydrogen-bond donors (Lipinski definition) is 3. The Hall–Kier alpha value is -1.69. The first-order chi connectivity index (χ1) is 8.70. The molecule has 2 atom stereocenters. The van der Waals surface area contributed by atoms with Crippen LogP contribution < -0.4 is 5.32 Å². The molecule has 2 unspecified atom stereocenters. The van der Waals surface area contributed by atoms with Crippen molar-refractivity contribution >= 4 is 11.8 Å². The number of carbonyl (C=O) groups is 1. The summed E-state index contributed by atoms with van der Waals surface area (Å²) in [5.41, 5.74) is -0.0605. The summed E-state index contributed by atoms with van der Waals surface area (Å²) < 4.78 is 0. The molecule has 2 rings (SSSR count). The Bertz CT molecular complexity index is 408. The highest BCUT2D eigenvalue weighted by Gasteiger charge is 2.26. The zero-order valence-corrected chi connectivity index (χ0v) is 10.0. The molecule has 0 saturated heterocycles. The van der Waals surface area contributed by atoms with E-state index in [-0.39, 0.29) is 12.3 Å². The lowest BCUT2D eigenvalue weighted by Gasteiger charge is -2.17. The van der Waals surface area contributed by atoms with E-state index < -0.39 is 5.97 Å². The van der Waals surface area contributed by atoms with Gasteiger partial charge in [-0.15, -0.1) is 10.2 Å². The molecule has 18 heavy (non-hydrogen) atoms. The topological polar surface area (TPSA) is 95.3 Å². The molecule has 3 N–H and O–H groups in total. The first kappa shape index (κ1) is 12.8. The van der Waals surface area contributed by atoms with Gasteiger partial charge in [0.15, 0.2) is 5.69 Å². The van der Waals surface area contributed by atoms with Crippen molar-refractivity contribution in [2.75, 3.05) is 18.5 Å². The second-order valence-corrected chi connectivity index (χ2v) is 4.62. The first-order valence-electron chi connectivity index (χ1n) is 6.12. The summed E-state index contributed by atoms with van der Waals surface area (Å²) in [5, 5.41) is 28.5. The Morgan fingerprint density at radius 2 is 2.11 bits per heavy atom. The minimum atomic E-state index is -1.08. The number of carboxylic acid groups (broad SMARTS) is 1. The third kappa shape index (κ3) is 2.95. The maximum Gasteiger partial charge on any atom is 0.356 e. The number of hydrogen-bond acceptors (Lipinski definition) is 5. The number of aliphatic hydroxyl groups excluding tert-OH is 1. The van der Waals surface area contributed by atoms with Crippen molar-refractivity contribution in [3.05, 3.63) is 17.8 Å². The average molecular weight is 251 g/mol. The van der Waals surface area contributed by atoms with Crippen LogP contribution in [-0.4, -0.2) is 39.5 Å². The second kappa shape index (κ2) is 5.77. The van der Waals surface area contributed by atoms with Crippen molar-refractivity contribution in [2.45, 2.75) is 19.3 Å². The summed E-state index contributed by atoms with van der Waals surface area (Å²) in [7, 11) is 0. The number of rotatable bonds is 5. The lowest BCUT2D eigenvalue weighted by Crippen LogP contribution is -2.21. The molecule has 1 saturated carbocycles. The highest BCUT2D eigenvalue weighted by molar-refractivity contribution is 5.85. The van der Waals surface area contributed by atoms with E-state index in [1.165, 1.54) is 6.07 Å². The minimum Gasteiger partial charge on any atom is -0.476 e. The third-order valence-corrected chi connectivity index (χ3v) is 3.48. The molecule has 1 aromatic heterocycles. The Balaban J connectivity index is 1.88. The van der Waals surface area contributed by atoms with Gasteiger partial charge >= 0.3 is 5.97 Å². The van der Waals surface area contributed by atoms with Crippen molar-refractivity contribution < 1.29 is 15.0 Å². The van der Waals surface area contributed by atoms with Gasteiger partial charge in [-0.3, -0.25) is 0 Å². The standard InChI is InChI=1S/C12H17N3O3/c16-7-9-3-1-2-8(9)6-13-11-5-4-10(12(17)18)14-15-11/h4-5,8-9,16H,1-3,6-7H2,(H,13,15)(H,17,18). The smallest absolute Gasteiger partial charge is 0.356 e. The van der Waals surface area contributed by atoms with Crippen LogP contribution in [0.3, 0.4) is 0 Å². The largest absolute Gasteiger partial charge is 0.476 e. The summed E-state index contributed by atoms with van der Waals surface area (Å²) in [6.07, 6.45) is 3.34. The van der Waals surface area contributed by atoms with Crippen LogP contribution in [0.2, 0.25) is 0 Å². The highest BCUT2D eigenvalue weighted by Crippen LogP contribution is 2.31. The number of aromatic nitrogens is 2. The molecule has 1 aliphatic carbocycles. The van der Waals surface area contributed by atoms with Crippen molar-refractivity contribution in [3.8, 4) is 0 Å². The van der Waals surface area contributed by atoms with E-state index in [0.29, 0.717) is 17.7 Å². The van der Waals surface area contributed by atoms with Crippen LogP contribution in [-0.2, 0) is 0 Å². The molecule has 0 bridgehead atoms. The van der Waals surface area contributed by atoms with Crippen LogP contribution in [0, 0.1) is 11.8 Å². The van der Waals surface area contributed by atoms with Gasteiger partial charge in [-0.25, -0.2) is 4.79 Å². The lowest BCUT2D eigenvalue weighted by molar-refractivity contribution is 0.0689. The van der Waals surface area contributed by atoms with Crippen LogP contribution in [0.15, 0.2) is 12.1 Å². The van der Waals surface area contributed by atoms with E-state index in [1.807, 2.05) is 0 Å². The first-order valence-corrected chi connectivity index (χ1v) is 6.12. The zero-order chi connectivity index (χ0) is 13.0. The minimum absolute atomic E-state index is 0.0605. The summed E-state index contributed by atoms with van der Waals surface area (Å²) in [6.45, 7) is 0.975. The van der Waals surface area contributed by atoms with E-state index >= 15 is 0 Å². The predicted molar refractivity (Wildman–Crippen MR) is 65.4 cm³/mol. The van der Waals surface area contributed by atoms with Crippen molar-refractivity contribution in [1.29, 1.82) is 0 Å². The molecule has 1 heterocycles. The van der Waals surface area contributed by atoms with Gasteiger partial charge in [0.05, 0.1) is 0 Å². The molecule has 0 aromatic carbocycles. The summed E-state index contributed by atoms with van der Waals surface area (Å²) in [4.78, 5) is 10.6. The number of carboxylic acids is 1. The van der Waals surface area contributed by atoms with E-state index in [1.54, 1.807) is 6.07 Å². The van der Waals surface area contributed by atoms with Gasteiger partial charge < -0.3 is 15.5 Å². The molecule has 6 heteroatoms. The van der Waals surface area contributed by atoms with Crippen LogP contribution in [0.25, 0.3) is 0 Å². The Morgan fingerprint density at radius 1 is 1.33 bits per heavy atom. The van der Waals surface area contributed by atoms with Crippen molar-refractivity contribution in [2.24, 2.45) is 11.8 Å². The molecular weight excluding hydrogens is 234 g/mol. The van der Waals surface area contributed by atoms with Gasteiger partial charge in [0.1, 0.15) is 5.82 Å². The number of anilines is 1. The summed E-state index contributed by atoms with van der Waals surface area (Å²) >= 11 is 0. The van der Waals surface area contributed by atoms with E-state index in [0.717, 1.165) is 25.8 Å². The van der Waals surface area contributed by atoms with Gasteiger partial charge in [-0.05, 0) is 36.8 Å². The Kier molecular flexibility index (Phi) is 4.09. The van der Waals surface area contributed by atoms with Gasteiger partial charge in [0, 0.05) is 13.2 Å². The van der Waals surface area contributed by atoms with Gasteiger partial charge in [0.2, 0.25) is 0 Å². The molecule has 0 amide bonds. The number of nitrogens with one attached hydrogen (secondary N) is 1. The van der Waals surface area contributed by atoms with Crippen LogP contribution in [0.4, 0.5) is 5.82 Å². The molecular formula is C12H17N3O3. The molecule has 1 aromatic rings. The highest BCUT2D eigenvalue weighted by atomic mass is 16.4. The van der Waals surface area contributed by atoms with E-state index in [2.05, 4.69) is 15.5 Å². The fourth-order valence-corrected chi connectivity index (χ4v) is 2.40. The predicted octanol–water partition coefficient (Wildman–Crippen LogP) is 0.995. The average Bonchev–Trinajstić information content (AvgIpc) is 2.84. The van der Waals surface area contributed by atoms with Crippen molar-refractivity contribution in [1.82, 2.24) is 10.2 Å². The van der Waals surface area contributed by atoms with Crippen LogP contribution >= 0.6 is 0 Å². The summed E-state index contributed by atoms with van der Waals surface area (Å²) in [5.74, 6) is 0.313. The van der Waals surface area contributed by atoms with Crippen molar-refractivity contribution in [3.63, 3.8) is 0 Å². The van der Waals surface area contributed by atoms with Gasteiger partial charge in [-0.2, -0.15) is 0 Å². The molecule has 6 nitrogen and oxygen atoms in total. The molecule has 1 aliphatic rings. The summed E-state index contributed by atoms with van der Waals surface area (Å²) in [6, 6.07) is 3.04. The second-order valence-electron chi connectivity index (χ2n) is 4.62. The van der Waals surface area contributed by atoms with E-state index in [4.69, 9.17) is 5.11 Å². The zero-order valence-electron chi connectivity index (χ0n) is 10.0. The SMILES string of the molecule is O=C(O)c1ccc(NCC2CCCC2CO)nn1. The normalized spacial score (nSPS) is 22.9. The van der Waals surface area contributed by atoms with Crippen LogP contribution in [0.5, 0.6) is 0 Å². The Morgan fingerprint density at radius 3 is 2.72 bits per heavy atom. The Labute approximate surface area is 105 Å². The maximum absolute atomic E-state index is 10.6. The molecule has 0 aliphatic heterocycles. The number of aromatic carboxylic acids is 1. The number of aliphatic hydroxyl groups is 1. The lowest BCUT2D eigenvalue weighted by atomic mass is 9.97. The fraction of sp³-hybridized carbons (Fsp3) is 0.583. The fourth-order valence-electron chi connectivity index (χ4n) is 2.40. The van der Waals surface area contributed by atoms with Gasteiger partial charge in [-0.1, -0.05) is 6.42 Å². The maximum atomic E-state index is 10.6. The quantitative estimate of drug-likeness (QED) is 0.722. The molecule has 1 fully saturated rings. The third-order valence-electron chi connectivity index (χ3n) is 3.48. The molecule has 0 radical (unpaired) electrons. The molecule has 98 valence electrons. The molecule has 0 spiro atoms. The number of nitrogens with zero attached hydrogens (tertiary/aromatic N) is 2. The van der Waals surface area contributed by atoms with E-state index in [9.17, 15) is 9.90 Å². The monoisotopic (exact) mass is 251 g/mol. The van der Waals surface area contributed by atoms with Crippen LogP contribution in [0.1, 0.15) is 29.8 Å². The van der Waals surface area contributed by atoms with Gasteiger partial charge in [0.25, 0.3) is 0 Å².